The van der Waals surface area contributed by atoms with E-state index in [1.165, 1.54) is 16.8 Å². The Labute approximate surface area is 154 Å². The van der Waals surface area contributed by atoms with Crippen LogP contribution in [0, 0.1) is 19.7 Å². The molecule has 6 nitrogen and oxygen atoms in total. The van der Waals surface area contributed by atoms with Gasteiger partial charge in [0.05, 0.1) is 5.75 Å². The molecule has 2 aromatic carbocycles. The van der Waals surface area contributed by atoms with Crippen molar-refractivity contribution in [1.82, 2.24) is 14.9 Å². The first-order chi connectivity index (χ1) is 12.4. The summed E-state index contributed by atoms with van der Waals surface area (Å²) in [4.78, 5) is 12.2. The number of nitrogens with one attached hydrogen (secondary N) is 1. The number of hydrogen-bond donors (Lipinski definition) is 2. The maximum Gasteiger partial charge on any atom is 0.234 e. The van der Waals surface area contributed by atoms with E-state index in [1.807, 2.05) is 32.0 Å². The minimum atomic E-state index is -0.382. The number of halogens is 1. The van der Waals surface area contributed by atoms with Gasteiger partial charge in [0.15, 0.2) is 5.82 Å². The summed E-state index contributed by atoms with van der Waals surface area (Å²) in [7, 11) is 0. The van der Waals surface area contributed by atoms with Gasteiger partial charge in [-0.3, -0.25) is 4.79 Å². The molecule has 0 saturated heterocycles. The number of amides is 1. The third kappa shape index (κ3) is 4.20. The highest BCUT2D eigenvalue weighted by Crippen LogP contribution is 2.22. The summed E-state index contributed by atoms with van der Waals surface area (Å²) in [6.07, 6.45) is 0. The number of hydrogen-bond acceptors (Lipinski definition) is 5. The second-order valence-electron chi connectivity index (χ2n) is 5.90. The van der Waals surface area contributed by atoms with Crippen LogP contribution in [0.15, 0.2) is 47.6 Å². The quantitative estimate of drug-likeness (QED) is 0.532. The number of benzene rings is 2. The molecule has 134 valence electrons. The fourth-order valence-electron chi connectivity index (χ4n) is 2.57. The molecule has 0 spiro atoms. The number of rotatable bonds is 5. The molecule has 3 N–H and O–H groups in total. The molecule has 8 heteroatoms. The molecule has 0 aliphatic rings. The number of nitrogens with two attached hydrogens (primary N) is 1. The number of anilines is 1. The molecule has 0 fully saturated rings. The second kappa shape index (κ2) is 7.57. The van der Waals surface area contributed by atoms with Crippen LogP contribution in [0.5, 0.6) is 0 Å². The van der Waals surface area contributed by atoms with E-state index >= 15 is 0 Å². The van der Waals surface area contributed by atoms with Crippen LogP contribution in [-0.4, -0.2) is 26.5 Å². The van der Waals surface area contributed by atoms with Gasteiger partial charge in [-0.15, -0.1) is 10.2 Å². The van der Waals surface area contributed by atoms with Crippen molar-refractivity contribution < 1.29 is 9.18 Å². The molecule has 0 radical (unpaired) electrons. The number of aromatic nitrogens is 3. The number of carbonyl (C=O) groups excluding carboxylic acids is 1. The molecule has 1 heterocycles. The lowest BCUT2D eigenvalue weighted by Gasteiger charge is -2.07. The second-order valence-corrected chi connectivity index (χ2v) is 6.84. The van der Waals surface area contributed by atoms with Crippen LogP contribution in [-0.2, 0) is 4.79 Å². The van der Waals surface area contributed by atoms with Crippen LogP contribution < -0.4 is 11.2 Å². The molecule has 0 bridgehead atoms. The van der Waals surface area contributed by atoms with Crippen molar-refractivity contribution in [1.29, 1.82) is 0 Å². The van der Waals surface area contributed by atoms with Gasteiger partial charge in [-0.1, -0.05) is 30.0 Å². The lowest BCUT2D eigenvalue weighted by molar-refractivity contribution is -0.113. The average molecular weight is 371 g/mol. The van der Waals surface area contributed by atoms with Crippen LogP contribution >= 0.6 is 11.8 Å². The Bertz CT molecular complexity index is 936. The van der Waals surface area contributed by atoms with Crippen LogP contribution in [0.3, 0.4) is 0 Å². The zero-order valence-electron chi connectivity index (χ0n) is 14.4. The lowest BCUT2D eigenvalue weighted by atomic mass is 10.1. The first-order valence-corrected chi connectivity index (χ1v) is 8.88. The van der Waals surface area contributed by atoms with E-state index in [0.717, 1.165) is 28.6 Å². The van der Waals surface area contributed by atoms with Gasteiger partial charge in [-0.2, -0.15) is 0 Å². The molecule has 26 heavy (non-hydrogen) atoms. The Hall–Kier alpha value is -2.87. The van der Waals surface area contributed by atoms with Crippen molar-refractivity contribution in [3.05, 3.63) is 59.4 Å². The highest BCUT2D eigenvalue weighted by Gasteiger charge is 2.14. The van der Waals surface area contributed by atoms with E-state index < -0.39 is 0 Å². The Kier molecular flexibility index (Phi) is 5.22. The van der Waals surface area contributed by atoms with Crippen molar-refractivity contribution >= 4 is 23.4 Å². The van der Waals surface area contributed by atoms with E-state index in [4.69, 9.17) is 5.84 Å². The summed E-state index contributed by atoms with van der Waals surface area (Å²) < 4.78 is 14.6. The van der Waals surface area contributed by atoms with Crippen LogP contribution in [0.25, 0.3) is 11.4 Å². The smallest absolute Gasteiger partial charge is 0.234 e. The molecule has 3 aromatic rings. The zero-order valence-corrected chi connectivity index (χ0v) is 15.2. The first-order valence-electron chi connectivity index (χ1n) is 7.90. The van der Waals surface area contributed by atoms with Crippen molar-refractivity contribution in [2.75, 3.05) is 16.9 Å². The summed E-state index contributed by atoms with van der Waals surface area (Å²) >= 11 is 1.16. The van der Waals surface area contributed by atoms with Crippen LogP contribution in [0.2, 0.25) is 0 Å². The van der Waals surface area contributed by atoms with E-state index in [0.29, 0.717) is 16.5 Å². The number of aryl methyl sites for hydroxylation is 2. The summed E-state index contributed by atoms with van der Waals surface area (Å²) in [5.74, 6) is 5.89. The SMILES string of the molecule is Cc1cc(C)cc(NC(=O)CSc2nnc(-c3cccc(F)c3)n2N)c1. The van der Waals surface area contributed by atoms with Gasteiger partial charge in [-0.25, -0.2) is 9.07 Å². The Balaban J connectivity index is 1.65. The van der Waals surface area contributed by atoms with Crippen molar-refractivity contribution in [3.8, 4) is 11.4 Å². The fourth-order valence-corrected chi connectivity index (χ4v) is 3.23. The minimum absolute atomic E-state index is 0.130. The largest absolute Gasteiger partial charge is 0.335 e. The first kappa shape index (κ1) is 17.9. The molecule has 3 rings (SSSR count). The summed E-state index contributed by atoms with van der Waals surface area (Å²) in [6, 6.07) is 11.8. The summed E-state index contributed by atoms with van der Waals surface area (Å²) in [5, 5.41) is 11.2. The standard InChI is InChI=1S/C18H18FN5OS/c1-11-6-12(2)8-15(7-11)21-16(25)10-26-18-23-22-17(24(18)20)13-4-3-5-14(19)9-13/h3-9H,10,20H2,1-2H3,(H,21,25). The fraction of sp³-hybridized carbons (Fsp3) is 0.167. The molecule has 1 aromatic heterocycles. The third-order valence-electron chi connectivity index (χ3n) is 3.59. The molecule has 0 atom stereocenters. The third-order valence-corrected chi connectivity index (χ3v) is 4.53. The number of thioether (sulfide) groups is 1. The summed E-state index contributed by atoms with van der Waals surface area (Å²) in [6.45, 7) is 3.95. The number of nitrogens with zero attached hydrogens (tertiary/aromatic N) is 3. The van der Waals surface area contributed by atoms with E-state index in [9.17, 15) is 9.18 Å². The Morgan fingerprint density at radius 1 is 1.19 bits per heavy atom. The van der Waals surface area contributed by atoms with Gasteiger partial charge >= 0.3 is 0 Å². The topological polar surface area (TPSA) is 85.8 Å². The van der Waals surface area contributed by atoms with E-state index in [1.54, 1.807) is 12.1 Å². The average Bonchev–Trinajstić information content (AvgIpc) is 2.93. The molecule has 1 amide bonds. The predicted molar refractivity (Wildman–Crippen MR) is 101 cm³/mol. The van der Waals surface area contributed by atoms with Gasteiger partial charge in [0.1, 0.15) is 5.82 Å². The van der Waals surface area contributed by atoms with Gasteiger partial charge in [0.25, 0.3) is 0 Å². The van der Waals surface area contributed by atoms with Gasteiger partial charge in [-0.05, 0) is 49.2 Å². The van der Waals surface area contributed by atoms with E-state index in [2.05, 4.69) is 15.5 Å². The summed E-state index contributed by atoms with van der Waals surface area (Å²) in [5.41, 5.74) is 3.43. The Morgan fingerprint density at radius 3 is 2.62 bits per heavy atom. The molecular formula is C18H18FN5OS. The van der Waals surface area contributed by atoms with E-state index in [-0.39, 0.29) is 17.5 Å². The number of carbonyl (C=O) groups is 1. The van der Waals surface area contributed by atoms with Gasteiger partial charge in [0, 0.05) is 11.3 Å². The molecular weight excluding hydrogens is 353 g/mol. The minimum Gasteiger partial charge on any atom is -0.335 e. The molecule has 0 aliphatic carbocycles. The predicted octanol–water partition coefficient (Wildman–Crippen LogP) is 3.15. The molecule has 0 saturated carbocycles. The van der Waals surface area contributed by atoms with Crippen molar-refractivity contribution in [2.45, 2.75) is 19.0 Å². The van der Waals surface area contributed by atoms with Crippen LogP contribution in [0.1, 0.15) is 11.1 Å². The zero-order chi connectivity index (χ0) is 18.7. The highest BCUT2D eigenvalue weighted by atomic mass is 32.2. The van der Waals surface area contributed by atoms with Crippen molar-refractivity contribution in [3.63, 3.8) is 0 Å². The lowest BCUT2D eigenvalue weighted by Crippen LogP contribution is -2.16. The van der Waals surface area contributed by atoms with Crippen molar-refractivity contribution in [2.24, 2.45) is 0 Å². The van der Waals surface area contributed by atoms with Crippen LogP contribution in [0.4, 0.5) is 10.1 Å². The number of nitrogen functional groups attached to an aromatic ring is 1. The Morgan fingerprint density at radius 2 is 1.92 bits per heavy atom. The van der Waals surface area contributed by atoms with Gasteiger partial charge in [0.2, 0.25) is 11.1 Å². The monoisotopic (exact) mass is 371 g/mol. The maximum absolute atomic E-state index is 13.4. The normalized spacial score (nSPS) is 10.7. The molecule has 0 unspecified atom stereocenters. The van der Waals surface area contributed by atoms with Gasteiger partial charge < -0.3 is 11.2 Å². The highest BCUT2D eigenvalue weighted by molar-refractivity contribution is 7.99. The maximum atomic E-state index is 13.4. The molecule has 0 aliphatic heterocycles.